The van der Waals surface area contributed by atoms with Crippen LogP contribution in [0.5, 0.6) is 0 Å². The van der Waals surface area contributed by atoms with Crippen molar-refractivity contribution in [2.75, 3.05) is 0 Å². The van der Waals surface area contributed by atoms with Crippen LogP contribution in [0, 0.1) is 10.1 Å². The van der Waals surface area contributed by atoms with E-state index in [1.54, 1.807) is 20.8 Å². The first kappa shape index (κ1) is 20.7. The molecule has 29 heavy (non-hydrogen) atoms. The molecule has 6 nitrogen and oxygen atoms in total. The number of aromatic nitrogens is 1. The van der Waals surface area contributed by atoms with Crippen molar-refractivity contribution in [2.45, 2.75) is 32.8 Å². The molecule has 1 aromatic heterocycles. The molecule has 0 unspecified atom stereocenters. The molecule has 2 aromatic carbocycles. The number of nitro groups is 1. The zero-order valence-corrected chi connectivity index (χ0v) is 16.5. The van der Waals surface area contributed by atoms with Crippen molar-refractivity contribution in [3.63, 3.8) is 0 Å². The molecule has 0 spiro atoms. The van der Waals surface area contributed by atoms with E-state index in [1.807, 2.05) is 0 Å². The molecule has 3 aromatic rings. The van der Waals surface area contributed by atoms with E-state index >= 15 is 0 Å². The van der Waals surface area contributed by atoms with Crippen molar-refractivity contribution in [1.29, 1.82) is 0 Å². The van der Waals surface area contributed by atoms with Gasteiger partial charge in [0.25, 0.3) is 12.1 Å². The Hall–Kier alpha value is -3.00. The zero-order valence-electron chi connectivity index (χ0n) is 15.8. The summed E-state index contributed by atoms with van der Waals surface area (Å²) < 4.78 is 33.7. The number of ether oxygens (including phenoxy) is 1. The fraction of sp³-hybridized carbons (Fsp3) is 0.250. The first-order valence-corrected chi connectivity index (χ1v) is 8.98. The second-order valence-corrected chi connectivity index (χ2v) is 7.70. The minimum atomic E-state index is -2.82. The zero-order chi connectivity index (χ0) is 21.5. The lowest BCUT2D eigenvalue weighted by Crippen LogP contribution is -2.27. The Morgan fingerprint density at radius 3 is 2.45 bits per heavy atom. The van der Waals surface area contributed by atoms with Gasteiger partial charge in [-0.3, -0.25) is 10.1 Å². The van der Waals surface area contributed by atoms with Gasteiger partial charge in [-0.25, -0.2) is 18.1 Å². The fourth-order valence-corrected chi connectivity index (χ4v) is 3.34. The summed E-state index contributed by atoms with van der Waals surface area (Å²) in [6.07, 6.45) is -3.70. The molecule has 0 aliphatic rings. The van der Waals surface area contributed by atoms with E-state index in [-0.39, 0.29) is 33.0 Å². The van der Waals surface area contributed by atoms with E-state index in [0.717, 1.165) is 4.57 Å². The van der Waals surface area contributed by atoms with Crippen molar-refractivity contribution in [3.8, 4) is 11.3 Å². The molecule has 1 heterocycles. The maximum Gasteiger partial charge on any atom is 0.419 e. The third-order valence-corrected chi connectivity index (χ3v) is 4.51. The van der Waals surface area contributed by atoms with Crippen LogP contribution >= 0.6 is 11.6 Å². The molecule has 0 saturated carbocycles. The van der Waals surface area contributed by atoms with Gasteiger partial charge in [0.2, 0.25) is 0 Å². The lowest BCUT2D eigenvalue weighted by Gasteiger charge is -2.21. The number of carbonyl (C=O) groups is 1. The van der Waals surface area contributed by atoms with Crippen molar-refractivity contribution >= 4 is 34.3 Å². The van der Waals surface area contributed by atoms with Crippen LogP contribution in [0.1, 0.15) is 32.8 Å². The lowest BCUT2D eigenvalue weighted by molar-refractivity contribution is -0.384. The van der Waals surface area contributed by atoms with E-state index < -0.39 is 23.0 Å². The van der Waals surface area contributed by atoms with Gasteiger partial charge in [-0.1, -0.05) is 35.9 Å². The summed E-state index contributed by atoms with van der Waals surface area (Å²) in [5.41, 5.74) is -1.36. The lowest BCUT2D eigenvalue weighted by atomic mass is 10.0. The van der Waals surface area contributed by atoms with Gasteiger partial charge in [0.05, 0.1) is 21.2 Å². The van der Waals surface area contributed by atoms with Crippen LogP contribution in [0.15, 0.2) is 42.5 Å². The maximum absolute atomic E-state index is 13.6. The number of nitrogens with zero attached hydrogens (tertiary/aromatic N) is 2. The summed E-state index contributed by atoms with van der Waals surface area (Å²) in [7, 11) is 0. The number of rotatable bonds is 3. The summed E-state index contributed by atoms with van der Waals surface area (Å²) >= 11 is 6.48. The number of non-ortho nitro benzene ring substituents is 1. The Morgan fingerprint density at radius 1 is 1.21 bits per heavy atom. The van der Waals surface area contributed by atoms with E-state index in [2.05, 4.69) is 0 Å². The minimum absolute atomic E-state index is 0.00712. The van der Waals surface area contributed by atoms with Gasteiger partial charge in [-0.2, -0.15) is 0 Å². The smallest absolute Gasteiger partial charge is 0.419 e. The van der Waals surface area contributed by atoms with E-state index in [4.69, 9.17) is 16.3 Å². The highest BCUT2D eigenvalue weighted by Gasteiger charge is 2.29. The van der Waals surface area contributed by atoms with Gasteiger partial charge in [-0.05, 0) is 26.8 Å². The molecule has 0 saturated heterocycles. The van der Waals surface area contributed by atoms with Crippen LogP contribution in [0.25, 0.3) is 22.2 Å². The van der Waals surface area contributed by atoms with Crippen LogP contribution in [0.3, 0.4) is 0 Å². The van der Waals surface area contributed by atoms with Gasteiger partial charge in [0, 0.05) is 28.6 Å². The first-order valence-electron chi connectivity index (χ1n) is 8.60. The Labute approximate surface area is 169 Å². The normalized spacial score (nSPS) is 11.8. The van der Waals surface area contributed by atoms with Crippen LogP contribution in [-0.2, 0) is 4.74 Å². The number of benzene rings is 2. The molecule has 0 radical (unpaired) electrons. The Kier molecular flexibility index (Phi) is 5.32. The van der Waals surface area contributed by atoms with E-state index in [0.29, 0.717) is 5.39 Å². The van der Waals surface area contributed by atoms with Gasteiger partial charge in [-0.15, -0.1) is 0 Å². The highest BCUT2D eigenvalue weighted by molar-refractivity contribution is 6.39. The third-order valence-electron chi connectivity index (χ3n) is 4.13. The van der Waals surface area contributed by atoms with Gasteiger partial charge in [0.1, 0.15) is 5.60 Å². The number of fused-ring (bicyclic) bond motifs is 1. The quantitative estimate of drug-likeness (QED) is 0.352. The second-order valence-electron chi connectivity index (χ2n) is 7.32. The van der Waals surface area contributed by atoms with Crippen LogP contribution in [0.4, 0.5) is 19.3 Å². The standard InChI is InChI=1S/C20H17ClF2N2O4/c1-20(2,3)29-19(26)24-15-10-11(25(27)28)8-9-14(15)16(21)17(24)12-6-4-5-7-13(12)18(22)23/h4-10,18H,1-3H3. The van der Waals surface area contributed by atoms with Crippen molar-refractivity contribution < 1.29 is 23.2 Å². The molecule has 0 fully saturated rings. The van der Waals surface area contributed by atoms with Gasteiger partial charge >= 0.3 is 6.09 Å². The number of halogens is 3. The van der Waals surface area contributed by atoms with Gasteiger partial charge in [0.15, 0.2) is 0 Å². The molecule has 9 heteroatoms. The van der Waals surface area contributed by atoms with Gasteiger partial charge < -0.3 is 4.74 Å². The largest absolute Gasteiger partial charge is 0.443 e. The third kappa shape index (κ3) is 3.93. The molecule has 0 aliphatic carbocycles. The van der Waals surface area contributed by atoms with Crippen LogP contribution < -0.4 is 0 Å². The molecular weight excluding hydrogens is 406 g/mol. The summed E-state index contributed by atoms with van der Waals surface area (Å²) in [5.74, 6) is 0. The average Bonchev–Trinajstić information content (AvgIpc) is 2.92. The van der Waals surface area contributed by atoms with E-state index in [9.17, 15) is 23.7 Å². The molecule has 0 N–H and O–H groups in total. The molecule has 3 rings (SSSR count). The number of carbonyl (C=O) groups excluding carboxylic acids is 1. The minimum Gasteiger partial charge on any atom is -0.443 e. The predicted molar refractivity (Wildman–Crippen MR) is 106 cm³/mol. The molecule has 0 bridgehead atoms. The Morgan fingerprint density at radius 2 is 1.86 bits per heavy atom. The number of hydrogen-bond donors (Lipinski definition) is 0. The van der Waals surface area contributed by atoms with Crippen LogP contribution in [-0.4, -0.2) is 21.2 Å². The topological polar surface area (TPSA) is 74.4 Å². The SMILES string of the molecule is CC(C)(C)OC(=O)n1c(-c2ccccc2C(F)F)c(Cl)c2ccc([N+](=O)[O-])cc21. The number of hydrogen-bond acceptors (Lipinski definition) is 4. The molecule has 0 aliphatic heterocycles. The van der Waals surface area contributed by atoms with Crippen molar-refractivity contribution in [3.05, 3.63) is 63.2 Å². The first-order chi connectivity index (χ1) is 13.5. The average molecular weight is 423 g/mol. The number of alkyl halides is 2. The van der Waals surface area contributed by atoms with E-state index in [1.165, 1.54) is 42.5 Å². The Balaban J connectivity index is 2.40. The molecule has 0 amide bonds. The summed E-state index contributed by atoms with van der Waals surface area (Å²) in [4.78, 5) is 23.6. The Bertz CT molecular complexity index is 1120. The second kappa shape index (κ2) is 7.44. The molecule has 0 atom stereocenters. The van der Waals surface area contributed by atoms with Crippen molar-refractivity contribution in [1.82, 2.24) is 4.57 Å². The maximum atomic E-state index is 13.6. The fourth-order valence-electron chi connectivity index (χ4n) is 2.99. The van der Waals surface area contributed by atoms with Crippen molar-refractivity contribution in [2.24, 2.45) is 0 Å². The predicted octanol–water partition coefficient (Wildman–Crippen LogP) is 6.59. The molecule has 152 valence electrons. The highest BCUT2D eigenvalue weighted by atomic mass is 35.5. The summed E-state index contributed by atoms with van der Waals surface area (Å²) in [6, 6.07) is 9.41. The summed E-state index contributed by atoms with van der Waals surface area (Å²) in [6.45, 7) is 4.94. The summed E-state index contributed by atoms with van der Waals surface area (Å²) in [5, 5.41) is 11.5. The highest BCUT2D eigenvalue weighted by Crippen LogP contribution is 2.42. The van der Waals surface area contributed by atoms with Crippen LogP contribution in [0.2, 0.25) is 5.02 Å². The molecular formula is C20H17ClF2N2O4. The number of nitro benzene ring substituents is 1. The monoisotopic (exact) mass is 422 g/mol.